The summed E-state index contributed by atoms with van der Waals surface area (Å²) in [7, 11) is 0. The smallest absolute Gasteiger partial charge is 0.305 e. The van der Waals surface area contributed by atoms with Crippen LogP contribution in [-0.2, 0) is 4.79 Å². The minimum Gasteiger partial charge on any atom is -0.481 e. The highest BCUT2D eigenvalue weighted by Crippen LogP contribution is 2.20. The molecule has 0 aliphatic heterocycles. The maximum atomic E-state index is 10.7. The number of aryl methyl sites for hydroxylation is 1. The Morgan fingerprint density at radius 3 is 2.67 bits per heavy atom. The van der Waals surface area contributed by atoms with Gasteiger partial charge in [-0.2, -0.15) is 0 Å². The number of rotatable bonds is 6. The number of hydrogen-bond acceptors (Lipinski definition) is 2. The normalized spacial score (nSPS) is 11.4. The molecule has 1 aromatic carbocycles. The summed E-state index contributed by atoms with van der Waals surface area (Å²) >= 11 is 5.68. The third kappa shape index (κ3) is 4.41. The first-order valence-electron chi connectivity index (χ1n) is 5.83. The number of aliphatic carboxylic acids is 1. The first-order chi connectivity index (χ1) is 8.54. The Balaban J connectivity index is 2.89. The molecular formula is C14H18ClNO2. The van der Waals surface area contributed by atoms with E-state index in [-0.39, 0.29) is 6.42 Å². The van der Waals surface area contributed by atoms with Crippen molar-refractivity contribution in [2.24, 2.45) is 0 Å². The molecule has 1 rings (SSSR count). The van der Waals surface area contributed by atoms with Gasteiger partial charge in [-0.1, -0.05) is 29.8 Å². The highest BCUT2D eigenvalue weighted by atomic mass is 35.5. The topological polar surface area (TPSA) is 40.5 Å². The summed E-state index contributed by atoms with van der Waals surface area (Å²) in [5, 5.41) is 8.80. The van der Waals surface area contributed by atoms with Gasteiger partial charge in [0.1, 0.15) is 0 Å². The van der Waals surface area contributed by atoms with Gasteiger partial charge in [0.2, 0.25) is 0 Å². The van der Waals surface area contributed by atoms with Crippen molar-refractivity contribution >= 4 is 23.3 Å². The lowest BCUT2D eigenvalue weighted by atomic mass is 10.1. The highest BCUT2D eigenvalue weighted by Gasteiger charge is 2.11. The first kappa shape index (κ1) is 14.6. The molecule has 0 aliphatic rings. The van der Waals surface area contributed by atoms with Crippen LogP contribution in [0.2, 0.25) is 0 Å². The summed E-state index contributed by atoms with van der Waals surface area (Å²) in [4.78, 5) is 12.7. The van der Waals surface area contributed by atoms with E-state index in [1.165, 1.54) is 5.54 Å². The second kappa shape index (κ2) is 7.07. The van der Waals surface area contributed by atoms with E-state index in [9.17, 15) is 4.79 Å². The summed E-state index contributed by atoms with van der Waals surface area (Å²) in [5.41, 5.74) is 4.72. The number of benzene rings is 1. The molecule has 0 saturated heterocycles. The van der Waals surface area contributed by atoms with Crippen molar-refractivity contribution in [2.75, 3.05) is 18.0 Å². The minimum absolute atomic E-state index is 0.115. The Labute approximate surface area is 113 Å². The van der Waals surface area contributed by atoms with Gasteiger partial charge >= 0.3 is 5.97 Å². The van der Waals surface area contributed by atoms with Crippen molar-refractivity contribution in [3.05, 3.63) is 40.9 Å². The molecule has 0 atom stereocenters. The largest absolute Gasteiger partial charge is 0.481 e. The fourth-order valence-electron chi connectivity index (χ4n) is 1.77. The monoisotopic (exact) mass is 267 g/mol. The van der Waals surface area contributed by atoms with E-state index in [4.69, 9.17) is 16.7 Å². The van der Waals surface area contributed by atoms with Crippen LogP contribution in [0.1, 0.15) is 18.9 Å². The van der Waals surface area contributed by atoms with Crippen molar-refractivity contribution in [3.8, 4) is 0 Å². The van der Waals surface area contributed by atoms with Crippen LogP contribution in [0, 0.1) is 6.92 Å². The molecule has 98 valence electrons. The van der Waals surface area contributed by atoms with Gasteiger partial charge in [0.25, 0.3) is 0 Å². The fourth-order valence-corrected chi connectivity index (χ4v) is 1.84. The Morgan fingerprint density at radius 2 is 2.11 bits per heavy atom. The van der Waals surface area contributed by atoms with Gasteiger partial charge in [-0.3, -0.25) is 4.79 Å². The summed E-state index contributed by atoms with van der Waals surface area (Å²) < 4.78 is 0. The number of carboxylic acid groups (broad SMARTS) is 1. The molecule has 0 spiro atoms. The van der Waals surface area contributed by atoms with Gasteiger partial charge in [-0.15, -0.1) is 0 Å². The third-order valence-corrected chi connectivity index (χ3v) is 3.05. The molecule has 0 amide bonds. The van der Waals surface area contributed by atoms with E-state index in [1.807, 2.05) is 43.0 Å². The Bertz CT molecular complexity index is 443. The third-order valence-electron chi connectivity index (χ3n) is 2.68. The second-order valence-corrected chi connectivity index (χ2v) is 4.53. The SMILES string of the molecule is C/C(=C/Cl)CN(CCC(=O)O)c1ccccc1C. The van der Waals surface area contributed by atoms with Gasteiger partial charge in [0, 0.05) is 24.3 Å². The van der Waals surface area contributed by atoms with Gasteiger partial charge in [0.05, 0.1) is 6.42 Å². The molecule has 0 saturated carbocycles. The van der Waals surface area contributed by atoms with E-state index < -0.39 is 5.97 Å². The minimum atomic E-state index is -0.791. The Morgan fingerprint density at radius 1 is 1.44 bits per heavy atom. The highest BCUT2D eigenvalue weighted by molar-refractivity contribution is 6.25. The summed E-state index contributed by atoms with van der Waals surface area (Å²) in [6.07, 6.45) is 0.115. The molecule has 1 aromatic rings. The van der Waals surface area contributed by atoms with E-state index in [0.29, 0.717) is 13.1 Å². The molecule has 0 heterocycles. The summed E-state index contributed by atoms with van der Waals surface area (Å²) in [6.45, 7) is 5.06. The molecule has 0 bridgehead atoms. The van der Waals surface area contributed by atoms with Gasteiger partial charge in [-0.25, -0.2) is 0 Å². The van der Waals surface area contributed by atoms with Gasteiger partial charge in [0.15, 0.2) is 0 Å². The zero-order valence-electron chi connectivity index (χ0n) is 10.7. The van der Waals surface area contributed by atoms with Crippen LogP contribution >= 0.6 is 11.6 Å². The van der Waals surface area contributed by atoms with Crippen LogP contribution in [0.5, 0.6) is 0 Å². The molecular weight excluding hydrogens is 250 g/mol. The van der Waals surface area contributed by atoms with Crippen molar-refractivity contribution < 1.29 is 9.90 Å². The molecule has 3 nitrogen and oxygen atoms in total. The molecule has 0 unspecified atom stereocenters. The van der Waals surface area contributed by atoms with Crippen LogP contribution in [0.4, 0.5) is 5.69 Å². The van der Waals surface area contributed by atoms with Crippen LogP contribution in [0.3, 0.4) is 0 Å². The van der Waals surface area contributed by atoms with Crippen LogP contribution in [0.15, 0.2) is 35.4 Å². The van der Waals surface area contributed by atoms with E-state index >= 15 is 0 Å². The van der Waals surface area contributed by atoms with Crippen molar-refractivity contribution in [2.45, 2.75) is 20.3 Å². The molecule has 1 N–H and O–H groups in total. The first-order valence-corrected chi connectivity index (χ1v) is 6.26. The number of hydrogen-bond donors (Lipinski definition) is 1. The maximum Gasteiger partial charge on any atom is 0.305 e. The lowest BCUT2D eigenvalue weighted by Crippen LogP contribution is -2.28. The lowest BCUT2D eigenvalue weighted by Gasteiger charge is -2.26. The van der Waals surface area contributed by atoms with Gasteiger partial charge in [-0.05, 0) is 31.1 Å². The molecule has 18 heavy (non-hydrogen) atoms. The fraction of sp³-hybridized carbons (Fsp3) is 0.357. The van der Waals surface area contributed by atoms with Crippen molar-refractivity contribution in [1.82, 2.24) is 0 Å². The van der Waals surface area contributed by atoms with E-state index in [0.717, 1.165) is 16.8 Å². The Kier molecular flexibility index (Phi) is 5.72. The number of carboxylic acids is 1. The van der Waals surface area contributed by atoms with Crippen molar-refractivity contribution in [1.29, 1.82) is 0 Å². The van der Waals surface area contributed by atoms with Crippen molar-refractivity contribution in [3.63, 3.8) is 0 Å². The van der Waals surface area contributed by atoms with Crippen LogP contribution < -0.4 is 4.90 Å². The number of halogens is 1. The molecule has 0 aliphatic carbocycles. The predicted octanol–water partition coefficient (Wildman–Crippen LogP) is 3.42. The Hall–Kier alpha value is -1.48. The quantitative estimate of drug-likeness (QED) is 0.859. The predicted molar refractivity (Wildman–Crippen MR) is 75.3 cm³/mol. The number of para-hydroxylation sites is 1. The van der Waals surface area contributed by atoms with Crippen LogP contribution in [-0.4, -0.2) is 24.2 Å². The molecule has 0 radical (unpaired) electrons. The average molecular weight is 268 g/mol. The maximum absolute atomic E-state index is 10.7. The number of anilines is 1. The summed E-state index contributed by atoms with van der Waals surface area (Å²) in [6, 6.07) is 7.94. The number of nitrogens with zero attached hydrogens (tertiary/aromatic N) is 1. The van der Waals surface area contributed by atoms with E-state index in [2.05, 4.69) is 0 Å². The summed E-state index contributed by atoms with van der Waals surface area (Å²) in [5.74, 6) is -0.791. The zero-order chi connectivity index (χ0) is 13.5. The molecule has 0 aromatic heterocycles. The molecule has 0 fully saturated rings. The lowest BCUT2D eigenvalue weighted by molar-refractivity contribution is -0.136. The zero-order valence-corrected chi connectivity index (χ0v) is 11.4. The second-order valence-electron chi connectivity index (χ2n) is 4.31. The van der Waals surface area contributed by atoms with Gasteiger partial charge < -0.3 is 10.0 Å². The number of carbonyl (C=O) groups is 1. The average Bonchev–Trinajstić information content (AvgIpc) is 2.34. The molecule has 4 heteroatoms. The van der Waals surface area contributed by atoms with Crippen LogP contribution in [0.25, 0.3) is 0 Å². The van der Waals surface area contributed by atoms with E-state index in [1.54, 1.807) is 0 Å². The standard InChI is InChI=1S/C14H18ClNO2/c1-11(9-15)10-16(8-7-14(17)18)13-6-4-3-5-12(13)2/h3-6,9H,7-8,10H2,1-2H3,(H,17,18)/b11-9-.